The van der Waals surface area contributed by atoms with Gasteiger partial charge in [0.1, 0.15) is 0 Å². The van der Waals surface area contributed by atoms with Crippen molar-refractivity contribution >= 4 is 34.6 Å². The molecule has 0 aliphatic carbocycles. The Labute approximate surface area is 165 Å². The zero-order valence-corrected chi connectivity index (χ0v) is 16.2. The summed E-state index contributed by atoms with van der Waals surface area (Å²) < 4.78 is 0. The summed E-state index contributed by atoms with van der Waals surface area (Å²) in [5.41, 5.74) is 2.71. The molecule has 0 bridgehead atoms. The second kappa shape index (κ2) is 10.7. The molecule has 28 heavy (non-hydrogen) atoms. The summed E-state index contributed by atoms with van der Waals surface area (Å²) in [6.07, 6.45) is 1.21. The van der Waals surface area contributed by atoms with Gasteiger partial charge in [-0.25, -0.2) is 0 Å². The quantitative estimate of drug-likeness (QED) is 0.496. The molecule has 0 atom stereocenters. The molecule has 0 heterocycles. The van der Waals surface area contributed by atoms with Gasteiger partial charge in [-0.3, -0.25) is 14.5 Å². The van der Waals surface area contributed by atoms with Gasteiger partial charge in [-0.1, -0.05) is 20.4 Å². The van der Waals surface area contributed by atoms with E-state index in [1.165, 1.54) is 6.08 Å². The first kappa shape index (κ1) is 21.0. The van der Waals surface area contributed by atoms with Gasteiger partial charge >= 0.3 is 0 Å². The van der Waals surface area contributed by atoms with Gasteiger partial charge in [-0.05, 0) is 67.7 Å². The standard InChI is InChI=1S/C21H25N5O2/c1-4-20(27)22-16-7-11-18(12-8-16)24-25-19-13-9-17(10-14-19)23-21(28)15-26(5-2)6-3/h4,7-14H,1,5-6,15H2,2-3H3,(H,22,27)(H,23,28)/b25-24+. The molecule has 7 heteroatoms. The molecule has 2 rings (SSSR count). The highest BCUT2D eigenvalue weighted by molar-refractivity contribution is 5.98. The number of carbonyl (C=O) groups excluding carboxylic acids is 2. The second-order valence-electron chi connectivity index (χ2n) is 6.00. The fourth-order valence-electron chi connectivity index (χ4n) is 2.38. The van der Waals surface area contributed by atoms with Gasteiger partial charge in [0.05, 0.1) is 17.9 Å². The third kappa shape index (κ3) is 6.77. The van der Waals surface area contributed by atoms with Crippen LogP contribution in [-0.4, -0.2) is 36.3 Å². The number of hydrogen-bond acceptors (Lipinski definition) is 5. The van der Waals surface area contributed by atoms with Gasteiger partial charge in [-0.15, -0.1) is 0 Å². The Kier molecular flexibility index (Phi) is 8.05. The van der Waals surface area contributed by atoms with Crippen LogP contribution in [0.25, 0.3) is 0 Å². The SMILES string of the molecule is C=CC(=O)Nc1ccc(/N=N/c2ccc(NC(=O)CN(CC)CC)cc2)cc1. The van der Waals surface area contributed by atoms with Crippen LogP contribution in [0.2, 0.25) is 0 Å². The van der Waals surface area contributed by atoms with Crippen molar-refractivity contribution in [3.8, 4) is 0 Å². The zero-order valence-electron chi connectivity index (χ0n) is 16.2. The molecular weight excluding hydrogens is 354 g/mol. The van der Waals surface area contributed by atoms with E-state index in [1.54, 1.807) is 48.5 Å². The van der Waals surface area contributed by atoms with E-state index in [-0.39, 0.29) is 11.8 Å². The summed E-state index contributed by atoms with van der Waals surface area (Å²) in [4.78, 5) is 25.3. The van der Waals surface area contributed by atoms with Crippen molar-refractivity contribution in [1.29, 1.82) is 0 Å². The molecule has 0 aliphatic heterocycles. The number of amides is 2. The van der Waals surface area contributed by atoms with Crippen molar-refractivity contribution in [3.05, 3.63) is 61.2 Å². The van der Waals surface area contributed by atoms with Gasteiger partial charge in [0.2, 0.25) is 11.8 Å². The molecule has 0 saturated carbocycles. The molecule has 0 unspecified atom stereocenters. The van der Waals surface area contributed by atoms with E-state index in [0.29, 0.717) is 23.6 Å². The number of rotatable bonds is 9. The fourth-order valence-corrected chi connectivity index (χ4v) is 2.38. The summed E-state index contributed by atoms with van der Waals surface area (Å²) in [5, 5.41) is 13.9. The molecule has 0 radical (unpaired) electrons. The summed E-state index contributed by atoms with van der Waals surface area (Å²) >= 11 is 0. The smallest absolute Gasteiger partial charge is 0.247 e. The fraction of sp³-hybridized carbons (Fsp3) is 0.238. The molecule has 2 amide bonds. The van der Waals surface area contributed by atoms with Gasteiger partial charge in [0, 0.05) is 11.4 Å². The molecule has 0 aliphatic rings. The Morgan fingerprint density at radius 1 is 0.893 bits per heavy atom. The van der Waals surface area contributed by atoms with Crippen LogP contribution in [0.5, 0.6) is 0 Å². The van der Waals surface area contributed by atoms with Crippen molar-refractivity contribution < 1.29 is 9.59 Å². The number of benzene rings is 2. The number of likely N-dealkylation sites (N-methyl/N-ethyl adjacent to an activating group) is 1. The van der Waals surface area contributed by atoms with Gasteiger partial charge in [0.25, 0.3) is 0 Å². The molecule has 0 fully saturated rings. The predicted molar refractivity (Wildman–Crippen MR) is 112 cm³/mol. The Morgan fingerprint density at radius 2 is 1.36 bits per heavy atom. The molecule has 146 valence electrons. The number of nitrogens with one attached hydrogen (secondary N) is 2. The van der Waals surface area contributed by atoms with Crippen molar-refractivity contribution in [2.75, 3.05) is 30.3 Å². The average Bonchev–Trinajstić information content (AvgIpc) is 2.72. The monoisotopic (exact) mass is 379 g/mol. The number of hydrogen-bond donors (Lipinski definition) is 2. The lowest BCUT2D eigenvalue weighted by Crippen LogP contribution is -2.32. The van der Waals surface area contributed by atoms with E-state index in [9.17, 15) is 9.59 Å². The van der Waals surface area contributed by atoms with Crippen LogP contribution in [0.1, 0.15) is 13.8 Å². The second-order valence-corrected chi connectivity index (χ2v) is 6.00. The summed E-state index contributed by atoms with van der Waals surface area (Å²) in [6.45, 7) is 9.52. The number of nitrogens with zero attached hydrogens (tertiary/aromatic N) is 3. The molecule has 0 saturated heterocycles. The van der Waals surface area contributed by atoms with Crippen LogP contribution in [0.4, 0.5) is 22.7 Å². The Morgan fingerprint density at radius 3 is 1.79 bits per heavy atom. The normalized spacial score (nSPS) is 10.8. The first-order valence-corrected chi connectivity index (χ1v) is 9.11. The van der Waals surface area contributed by atoms with Crippen molar-refractivity contribution in [2.24, 2.45) is 10.2 Å². The van der Waals surface area contributed by atoms with Gasteiger partial charge in [-0.2, -0.15) is 10.2 Å². The molecule has 7 nitrogen and oxygen atoms in total. The minimum atomic E-state index is -0.265. The average molecular weight is 379 g/mol. The predicted octanol–water partition coefficient (Wildman–Crippen LogP) is 4.51. The Bertz CT molecular complexity index is 825. The zero-order chi connectivity index (χ0) is 20.4. The highest BCUT2D eigenvalue weighted by Gasteiger charge is 2.07. The molecule has 2 aromatic carbocycles. The van der Waals surface area contributed by atoms with Crippen molar-refractivity contribution in [3.63, 3.8) is 0 Å². The molecule has 2 aromatic rings. The topological polar surface area (TPSA) is 86.2 Å². The lowest BCUT2D eigenvalue weighted by atomic mass is 10.3. The van der Waals surface area contributed by atoms with Gasteiger partial charge in [0.15, 0.2) is 0 Å². The summed E-state index contributed by atoms with van der Waals surface area (Å²) in [5.74, 6) is -0.305. The maximum Gasteiger partial charge on any atom is 0.247 e. The summed E-state index contributed by atoms with van der Waals surface area (Å²) in [6, 6.07) is 14.2. The van der Waals surface area contributed by atoms with Crippen LogP contribution < -0.4 is 10.6 Å². The van der Waals surface area contributed by atoms with Crippen LogP contribution in [0, 0.1) is 0 Å². The van der Waals surface area contributed by atoms with Crippen LogP contribution >= 0.6 is 0 Å². The highest BCUT2D eigenvalue weighted by atomic mass is 16.2. The molecule has 2 N–H and O–H groups in total. The van der Waals surface area contributed by atoms with Crippen LogP contribution in [0.15, 0.2) is 71.4 Å². The van der Waals surface area contributed by atoms with E-state index in [0.717, 1.165) is 18.8 Å². The van der Waals surface area contributed by atoms with Gasteiger partial charge < -0.3 is 10.6 Å². The Hall–Kier alpha value is -3.32. The minimum absolute atomic E-state index is 0.0401. The van der Waals surface area contributed by atoms with E-state index >= 15 is 0 Å². The van der Waals surface area contributed by atoms with E-state index < -0.39 is 0 Å². The summed E-state index contributed by atoms with van der Waals surface area (Å²) in [7, 11) is 0. The maximum absolute atomic E-state index is 12.0. The lowest BCUT2D eigenvalue weighted by Gasteiger charge is -2.17. The lowest BCUT2D eigenvalue weighted by molar-refractivity contribution is -0.117. The number of carbonyl (C=O) groups is 2. The van der Waals surface area contributed by atoms with Crippen LogP contribution in [-0.2, 0) is 9.59 Å². The first-order chi connectivity index (χ1) is 13.5. The number of anilines is 2. The van der Waals surface area contributed by atoms with Crippen molar-refractivity contribution in [1.82, 2.24) is 4.90 Å². The van der Waals surface area contributed by atoms with Crippen molar-refractivity contribution in [2.45, 2.75) is 13.8 Å². The highest BCUT2D eigenvalue weighted by Crippen LogP contribution is 2.21. The third-order valence-electron chi connectivity index (χ3n) is 4.01. The molecular formula is C21H25N5O2. The van der Waals surface area contributed by atoms with E-state index in [1.807, 2.05) is 18.7 Å². The minimum Gasteiger partial charge on any atom is -0.325 e. The third-order valence-corrected chi connectivity index (χ3v) is 4.01. The van der Waals surface area contributed by atoms with E-state index in [4.69, 9.17) is 0 Å². The van der Waals surface area contributed by atoms with Crippen LogP contribution in [0.3, 0.4) is 0 Å². The first-order valence-electron chi connectivity index (χ1n) is 9.11. The molecule has 0 spiro atoms. The Balaban J connectivity index is 1.92. The maximum atomic E-state index is 12.0. The largest absolute Gasteiger partial charge is 0.325 e. The number of azo groups is 1. The van der Waals surface area contributed by atoms with E-state index in [2.05, 4.69) is 27.4 Å². The molecule has 0 aromatic heterocycles.